The molecule has 12 heavy (non-hydrogen) atoms. The van der Waals surface area contributed by atoms with E-state index < -0.39 is 0 Å². The predicted molar refractivity (Wildman–Crippen MR) is 51.5 cm³/mol. The first-order valence-electron chi connectivity index (χ1n) is 4.17. The van der Waals surface area contributed by atoms with Crippen molar-refractivity contribution >= 4 is 10.9 Å². The van der Waals surface area contributed by atoms with Gasteiger partial charge < -0.3 is 5.84 Å². The van der Waals surface area contributed by atoms with Gasteiger partial charge in [-0.15, -0.1) is 0 Å². The molecule has 0 bridgehead atoms. The molecule has 62 valence electrons. The summed E-state index contributed by atoms with van der Waals surface area (Å²) in [5.41, 5.74) is 2.28. The van der Waals surface area contributed by atoms with Gasteiger partial charge in [0, 0.05) is 11.1 Å². The van der Waals surface area contributed by atoms with Crippen molar-refractivity contribution in [3.63, 3.8) is 0 Å². The van der Waals surface area contributed by atoms with Gasteiger partial charge in [0.15, 0.2) is 0 Å². The van der Waals surface area contributed by atoms with Gasteiger partial charge in [0.05, 0.1) is 5.52 Å². The first-order chi connectivity index (χ1) is 5.83. The summed E-state index contributed by atoms with van der Waals surface area (Å²) in [7, 11) is 0. The molecule has 1 aromatic carbocycles. The Morgan fingerprint density at radius 2 is 2.08 bits per heavy atom. The SMILES string of the molecule is CCc1cc2ccccc2n1N. The third-order valence-electron chi connectivity index (χ3n) is 2.19. The number of aryl methyl sites for hydroxylation is 1. The van der Waals surface area contributed by atoms with Crippen LogP contribution in [0.1, 0.15) is 12.6 Å². The zero-order valence-electron chi connectivity index (χ0n) is 7.12. The van der Waals surface area contributed by atoms with Crippen LogP contribution < -0.4 is 5.84 Å². The van der Waals surface area contributed by atoms with E-state index >= 15 is 0 Å². The normalized spacial score (nSPS) is 10.8. The molecule has 0 unspecified atom stereocenters. The maximum absolute atomic E-state index is 5.87. The molecule has 0 spiro atoms. The highest BCUT2D eigenvalue weighted by Gasteiger charge is 2.02. The molecule has 2 aromatic rings. The summed E-state index contributed by atoms with van der Waals surface area (Å²) in [4.78, 5) is 0. The number of fused-ring (bicyclic) bond motifs is 1. The molecule has 0 aliphatic rings. The smallest absolute Gasteiger partial charge is 0.0693 e. The standard InChI is InChI=1S/C10H12N2/c1-2-9-7-8-5-3-4-6-10(8)12(9)11/h3-7H,2,11H2,1H3. The Morgan fingerprint density at radius 3 is 2.75 bits per heavy atom. The number of nitrogens with zero attached hydrogens (tertiary/aromatic N) is 1. The Morgan fingerprint density at radius 1 is 1.33 bits per heavy atom. The lowest BCUT2D eigenvalue weighted by atomic mass is 10.2. The largest absolute Gasteiger partial charge is 0.339 e. The number of para-hydroxylation sites is 1. The first kappa shape index (κ1) is 7.22. The molecule has 2 rings (SSSR count). The van der Waals surface area contributed by atoms with Crippen LogP contribution in [-0.4, -0.2) is 4.68 Å². The van der Waals surface area contributed by atoms with E-state index in [1.807, 2.05) is 18.2 Å². The highest BCUT2D eigenvalue weighted by Crippen LogP contribution is 2.16. The van der Waals surface area contributed by atoms with Crippen LogP contribution in [0.4, 0.5) is 0 Å². The topological polar surface area (TPSA) is 30.9 Å². The highest BCUT2D eigenvalue weighted by molar-refractivity contribution is 5.81. The van der Waals surface area contributed by atoms with Gasteiger partial charge in [-0.05, 0) is 18.6 Å². The molecule has 0 amide bonds. The summed E-state index contributed by atoms with van der Waals surface area (Å²) in [6, 6.07) is 10.3. The Kier molecular flexibility index (Phi) is 1.54. The van der Waals surface area contributed by atoms with Crippen LogP contribution in [-0.2, 0) is 6.42 Å². The summed E-state index contributed by atoms with van der Waals surface area (Å²) in [5, 5.41) is 1.22. The van der Waals surface area contributed by atoms with Gasteiger partial charge in [-0.25, -0.2) is 0 Å². The lowest BCUT2D eigenvalue weighted by molar-refractivity contribution is 0.924. The molecule has 2 N–H and O–H groups in total. The van der Waals surface area contributed by atoms with Gasteiger partial charge in [-0.2, -0.15) is 0 Å². The summed E-state index contributed by atoms with van der Waals surface area (Å²) in [5.74, 6) is 5.87. The van der Waals surface area contributed by atoms with E-state index in [0.29, 0.717) is 0 Å². The van der Waals surface area contributed by atoms with E-state index in [0.717, 1.165) is 11.9 Å². The quantitative estimate of drug-likeness (QED) is 0.635. The van der Waals surface area contributed by atoms with Crippen LogP contribution in [0.5, 0.6) is 0 Å². The van der Waals surface area contributed by atoms with Crippen LogP contribution in [0.3, 0.4) is 0 Å². The van der Waals surface area contributed by atoms with Crippen LogP contribution in [0.2, 0.25) is 0 Å². The van der Waals surface area contributed by atoms with Crippen molar-refractivity contribution < 1.29 is 0 Å². The van der Waals surface area contributed by atoms with E-state index in [9.17, 15) is 0 Å². The van der Waals surface area contributed by atoms with Crippen LogP contribution in [0, 0.1) is 0 Å². The number of rotatable bonds is 1. The summed E-state index contributed by atoms with van der Waals surface area (Å²) >= 11 is 0. The first-order valence-corrected chi connectivity index (χ1v) is 4.17. The van der Waals surface area contributed by atoms with Crippen molar-refractivity contribution in [3.05, 3.63) is 36.0 Å². The molecule has 0 aliphatic heterocycles. The van der Waals surface area contributed by atoms with Gasteiger partial charge in [0.25, 0.3) is 0 Å². The maximum Gasteiger partial charge on any atom is 0.0693 e. The maximum atomic E-state index is 5.87. The number of nitrogen functional groups attached to an aromatic ring is 1. The lowest BCUT2D eigenvalue weighted by Crippen LogP contribution is -2.10. The van der Waals surface area contributed by atoms with Crippen LogP contribution in [0.15, 0.2) is 30.3 Å². The zero-order valence-corrected chi connectivity index (χ0v) is 7.12. The average molecular weight is 160 g/mol. The molecule has 0 atom stereocenters. The fourth-order valence-corrected chi connectivity index (χ4v) is 1.51. The molecule has 0 aliphatic carbocycles. The summed E-state index contributed by atoms with van der Waals surface area (Å²) < 4.78 is 1.76. The van der Waals surface area contributed by atoms with Crippen molar-refractivity contribution in [2.45, 2.75) is 13.3 Å². The van der Waals surface area contributed by atoms with Gasteiger partial charge in [-0.3, -0.25) is 4.68 Å². The molecule has 0 radical (unpaired) electrons. The minimum atomic E-state index is 0.977. The second kappa shape index (κ2) is 2.55. The third-order valence-corrected chi connectivity index (χ3v) is 2.19. The zero-order chi connectivity index (χ0) is 8.55. The fraction of sp³-hybridized carbons (Fsp3) is 0.200. The van der Waals surface area contributed by atoms with Gasteiger partial charge in [0.1, 0.15) is 0 Å². The number of benzene rings is 1. The third kappa shape index (κ3) is 0.881. The molecule has 1 heterocycles. The highest BCUT2D eigenvalue weighted by atomic mass is 15.3. The lowest BCUT2D eigenvalue weighted by Gasteiger charge is -1.99. The minimum absolute atomic E-state index is 0.977. The van der Waals surface area contributed by atoms with Gasteiger partial charge >= 0.3 is 0 Å². The summed E-state index contributed by atoms with van der Waals surface area (Å²) in [6.45, 7) is 2.11. The summed E-state index contributed by atoms with van der Waals surface area (Å²) in [6.07, 6.45) is 0.977. The Labute approximate surface area is 71.6 Å². The number of hydrogen-bond donors (Lipinski definition) is 1. The second-order valence-corrected chi connectivity index (χ2v) is 2.92. The number of aromatic nitrogens is 1. The monoisotopic (exact) mass is 160 g/mol. The molecule has 0 fully saturated rings. The van der Waals surface area contributed by atoms with E-state index in [1.54, 1.807) is 4.68 Å². The molecule has 0 saturated heterocycles. The van der Waals surface area contributed by atoms with Crippen molar-refractivity contribution in [2.75, 3.05) is 5.84 Å². The Hall–Kier alpha value is -1.44. The molecular weight excluding hydrogens is 148 g/mol. The molecule has 0 saturated carbocycles. The van der Waals surface area contributed by atoms with Crippen LogP contribution in [0.25, 0.3) is 10.9 Å². The second-order valence-electron chi connectivity index (χ2n) is 2.92. The van der Waals surface area contributed by atoms with E-state index in [-0.39, 0.29) is 0 Å². The Bertz CT molecular complexity index is 401. The molecule has 2 nitrogen and oxygen atoms in total. The van der Waals surface area contributed by atoms with Crippen molar-refractivity contribution in [1.82, 2.24) is 4.68 Å². The Balaban J connectivity index is 2.78. The molecular formula is C10H12N2. The van der Waals surface area contributed by atoms with Crippen molar-refractivity contribution in [3.8, 4) is 0 Å². The van der Waals surface area contributed by atoms with E-state index in [2.05, 4.69) is 19.1 Å². The van der Waals surface area contributed by atoms with Crippen molar-refractivity contribution in [1.29, 1.82) is 0 Å². The number of nitrogens with two attached hydrogens (primary N) is 1. The van der Waals surface area contributed by atoms with E-state index in [1.165, 1.54) is 11.1 Å². The van der Waals surface area contributed by atoms with Gasteiger partial charge in [-0.1, -0.05) is 25.1 Å². The number of hydrogen-bond acceptors (Lipinski definition) is 1. The molecule has 2 heteroatoms. The minimum Gasteiger partial charge on any atom is -0.339 e. The molecule has 1 aromatic heterocycles. The fourth-order valence-electron chi connectivity index (χ4n) is 1.51. The van der Waals surface area contributed by atoms with Crippen LogP contribution >= 0.6 is 0 Å². The average Bonchev–Trinajstić information content (AvgIpc) is 2.44. The van der Waals surface area contributed by atoms with Gasteiger partial charge in [0.2, 0.25) is 0 Å². The van der Waals surface area contributed by atoms with E-state index in [4.69, 9.17) is 5.84 Å². The predicted octanol–water partition coefficient (Wildman–Crippen LogP) is 1.92. The van der Waals surface area contributed by atoms with Crippen molar-refractivity contribution in [2.24, 2.45) is 0 Å².